The Labute approximate surface area is 141 Å². The summed E-state index contributed by atoms with van der Waals surface area (Å²) < 4.78 is 36.8. The average Bonchev–Trinajstić information content (AvgIpc) is 3.06. The van der Waals surface area contributed by atoms with Crippen molar-refractivity contribution >= 4 is 11.9 Å². The van der Waals surface area contributed by atoms with E-state index in [9.17, 15) is 13.6 Å². The molecule has 0 atom stereocenters. The Bertz CT molecular complexity index is 894. The standard InChI is InChI=1S/C17H13F2N3O3/c1-2-24-12-6-3-10(4-7-12)16-21-22-17(25-16)20-15(23)11-5-8-13(18)14(19)9-11/h3-9H,2H2,1H3,(H,20,22,23). The number of carbonyl (C=O) groups excluding carboxylic acids is 1. The maximum atomic E-state index is 13.2. The van der Waals surface area contributed by atoms with Crippen LogP contribution < -0.4 is 10.1 Å². The molecule has 0 aliphatic heterocycles. The Balaban J connectivity index is 1.72. The lowest BCUT2D eigenvalue weighted by molar-refractivity contribution is 0.102. The highest BCUT2D eigenvalue weighted by atomic mass is 19.2. The normalized spacial score (nSPS) is 10.5. The topological polar surface area (TPSA) is 77.3 Å². The lowest BCUT2D eigenvalue weighted by atomic mass is 10.2. The molecule has 0 saturated carbocycles. The van der Waals surface area contributed by atoms with Crippen LogP contribution in [0.3, 0.4) is 0 Å². The number of aromatic nitrogens is 2. The predicted molar refractivity (Wildman–Crippen MR) is 85.2 cm³/mol. The van der Waals surface area contributed by atoms with E-state index in [1.54, 1.807) is 24.3 Å². The van der Waals surface area contributed by atoms with Crippen molar-refractivity contribution < 1.29 is 22.7 Å². The first-order chi connectivity index (χ1) is 12.1. The van der Waals surface area contributed by atoms with Gasteiger partial charge in [-0.3, -0.25) is 10.1 Å². The number of nitrogens with zero attached hydrogens (tertiary/aromatic N) is 2. The first kappa shape index (κ1) is 16.6. The van der Waals surface area contributed by atoms with Crippen LogP contribution >= 0.6 is 0 Å². The van der Waals surface area contributed by atoms with Crippen molar-refractivity contribution in [1.29, 1.82) is 0 Å². The van der Waals surface area contributed by atoms with Crippen LogP contribution in [0.4, 0.5) is 14.8 Å². The number of anilines is 1. The van der Waals surface area contributed by atoms with E-state index >= 15 is 0 Å². The van der Waals surface area contributed by atoms with Crippen LogP contribution in [0.5, 0.6) is 5.75 Å². The fraction of sp³-hybridized carbons (Fsp3) is 0.118. The van der Waals surface area contributed by atoms with Crippen LogP contribution in [0.1, 0.15) is 17.3 Å². The summed E-state index contributed by atoms with van der Waals surface area (Å²) in [6.07, 6.45) is 0. The Morgan fingerprint density at radius 3 is 2.56 bits per heavy atom. The molecule has 0 fully saturated rings. The van der Waals surface area contributed by atoms with E-state index in [4.69, 9.17) is 9.15 Å². The van der Waals surface area contributed by atoms with Gasteiger partial charge in [0.05, 0.1) is 6.61 Å². The lowest BCUT2D eigenvalue weighted by Gasteiger charge is -2.02. The van der Waals surface area contributed by atoms with E-state index in [0.717, 1.165) is 18.2 Å². The second-order valence-corrected chi connectivity index (χ2v) is 4.95. The van der Waals surface area contributed by atoms with Crippen molar-refractivity contribution in [1.82, 2.24) is 10.2 Å². The maximum Gasteiger partial charge on any atom is 0.322 e. The van der Waals surface area contributed by atoms with Crippen molar-refractivity contribution in [2.24, 2.45) is 0 Å². The number of halogens is 2. The number of carbonyl (C=O) groups is 1. The SMILES string of the molecule is CCOc1ccc(-c2nnc(NC(=O)c3ccc(F)c(F)c3)o2)cc1. The van der Waals surface area contributed by atoms with E-state index in [1.807, 2.05) is 6.92 Å². The van der Waals surface area contributed by atoms with Crippen molar-refractivity contribution in [3.8, 4) is 17.2 Å². The summed E-state index contributed by atoms with van der Waals surface area (Å²) in [6.45, 7) is 2.44. The van der Waals surface area contributed by atoms with Crippen LogP contribution in [-0.4, -0.2) is 22.7 Å². The quantitative estimate of drug-likeness (QED) is 0.763. The fourth-order valence-electron chi connectivity index (χ4n) is 2.06. The largest absolute Gasteiger partial charge is 0.494 e. The maximum absolute atomic E-state index is 13.2. The van der Waals surface area contributed by atoms with E-state index < -0.39 is 17.5 Å². The number of hydrogen-bond acceptors (Lipinski definition) is 5. The monoisotopic (exact) mass is 345 g/mol. The molecule has 25 heavy (non-hydrogen) atoms. The fourth-order valence-corrected chi connectivity index (χ4v) is 2.06. The first-order valence-corrected chi connectivity index (χ1v) is 7.40. The molecule has 1 N–H and O–H groups in total. The molecule has 0 bridgehead atoms. The molecule has 128 valence electrons. The van der Waals surface area contributed by atoms with Gasteiger partial charge in [0.25, 0.3) is 5.91 Å². The highest BCUT2D eigenvalue weighted by molar-refractivity contribution is 6.03. The number of nitrogens with one attached hydrogen (secondary N) is 1. The Morgan fingerprint density at radius 1 is 1.12 bits per heavy atom. The van der Waals surface area contributed by atoms with Gasteiger partial charge in [0.2, 0.25) is 5.89 Å². The molecule has 0 unspecified atom stereocenters. The summed E-state index contributed by atoms with van der Waals surface area (Å²) >= 11 is 0. The number of amides is 1. The zero-order chi connectivity index (χ0) is 17.8. The first-order valence-electron chi connectivity index (χ1n) is 7.40. The van der Waals surface area contributed by atoms with E-state index in [1.165, 1.54) is 0 Å². The molecular formula is C17H13F2N3O3. The van der Waals surface area contributed by atoms with Gasteiger partial charge in [-0.25, -0.2) is 8.78 Å². The molecule has 2 aromatic carbocycles. The molecule has 0 radical (unpaired) electrons. The summed E-state index contributed by atoms with van der Waals surface area (Å²) in [5.74, 6) is -1.94. The van der Waals surface area contributed by atoms with Crippen LogP contribution in [0.2, 0.25) is 0 Å². The summed E-state index contributed by atoms with van der Waals surface area (Å²) in [5.41, 5.74) is 0.573. The van der Waals surface area contributed by atoms with Gasteiger partial charge in [-0.15, -0.1) is 5.10 Å². The number of benzene rings is 2. The van der Waals surface area contributed by atoms with Crippen LogP contribution in [-0.2, 0) is 0 Å². The minimum absolute atomic E-state index is 0.0697. The van der Waals surface area contributed by atoms with Crippen molar-refractivity contribution in [3.05, 3.63) is 59.7 Å². The summed E-state index contributed by atoms with van der Waals surface area (Å²) in [5, 5.41) is 9.88. The van der Waals surface area contributed by atoms with Gasteiger partial charge in [-0.1, -0.05) is 5.10 Å². The van der Waals surface area contributed by atoms with E-state index in [-0.39, 0.29) is 17.5 Å². The second-order valence-electron chi connectivity index (χ2n) is 4.95. The third kappa shape index (κ3) is 3.79. The molecule has 0 aliphatic carbocycles. The second kappa shape index (κ2) is 7.08. The van der Waals surface area contributed by atoms with Gasteiger partial charge < -0.3 is 9.15 Å². The van der Waals surface area contributed by atoms with Gasteiger partial charge in [0.1, 0.15) is 5.75 Å². The van der Waals surface area contributed by atoms with E-state index in [0.29, 0.717) is 17.9 Å². The smallest absolute Gasteiger partial charge is 0.322 e. The molecule has 3 aromatic rings. The molecule has 0 saturated heterocycles. The minimum Gasteiger partial charge on any atom is -0.494 e. The van der Waals surface area contributed by atoms with Crippen molar-refractivity contribution in [3.63, 3.8) is 0 Å². The third-order valence-corrected chi connectivity index (χ3v) is 3.24. The Hall–Kier alpha value is -3.29. The molecule has 1 heterocycles. The molecule has 1 amide bonds. The highest BCUT2D eigenvalue weighted by Gasteiger charge is 2.14. The number of rotatable bonds is 5. The third-order valence-electron chi connectivity index (χ3n) is 3.24. The van der Waals surface area contributed by atoms with E-state index in [2.05, 4.69) is 15.5 Å². The Morgan fingerprint density at radius 2 is 1.88 bits per heavy atom. The van der Waals surface area contributed by atoms with Gasteiger partial charge in [-0.2, -0.15) is 0 Å². The average molecular weight is 345 g/mol. The van der Waals surface area contributed by atoms with Gasteiger partial charge in [0, 0.05) is 11.1 Å². The number of ether oxygens (including phenoxy) is 1. The van der Waals surface area contributed by atoms with Crippen LogP contribution in [0.15, 0.2) is 46.9 Å². The highest BCUT2D eigenvalue weighted by Crippen LogP contribution is 2.23. The molecule has 1 aromatic heterocycles. The van der Waals surface area contributed by atoms with Gasteiger partial charge in [-0.05, 0) is 49.4 Å². The minimum atomic E-state index is -1.12. The summed E-state index contributed by atoms with van der Waals surface area (Å²) in [4.78, 5) is 12.0. The number of hydrogen-bond donors (Lipinski definition) is 1. The van der Waals surface area contributed by atoms with Crippen molar-refractivity contribution in [2.45, 2.75) is 6.92 Å². The van der Waals surface area contributed by atoms with Crippen molar-refractivity contribution in [2.75, 3.05) is 11.9 Å². The van der Waals surface area contributed by atoms with Crippen LogP contribution in [0.25, 0.3) is 11.5 Å². The summed E-state index contributed by atoms with van der Waals surface area (Å²) in [6, 6.07) is 9.62. The van der Waals surface area contributed by atoms with Gasteiger partial charge in [0.15, 0.2) is 11.6 Å². The zero-order valence-corrected chi connectivity index (χ0v) is 13.1. The van der Waals surface area contributed by atoms with Crippen LogP contribution in [0, 0.1) is 11.6 Å². The molecular weight excluding hydrogens is 332 g/mol. The molecule has 3 rings (SSSR count). The molecule has 0 aliphatic rings. The molecule has 0 spiro atoms. The zero-order valence-electron chi connectivity index (χ0n) is 13.1. The predicted octanol–water partition coefficient (Wildman–Crippen LogP) is 3.67. The summed E-state index contributed by atoms with van der Waals surface area (Å²) in [7, 11) is 0. The Kier molecular flexibility index (Phi) is 4.69. The van der Waals surface area contributed by atoms with Gasteiger partial charge >= 0.3 is 6.01 Å². The molecule has 6 nitrogen and oxygen atoms in total. The lowest BCUT2D eigenvalue weighted by Crippen LogP contribution is -2.12. The molecule has 8 heteroatoms.